The first-order chi connectivity index (χ1) is 15.1. The summed E-state index contributed by atoms with van der Waals surface area (Å²) in [5.41, 5.74) is 1.03. The predicted molar refractivity (Wildman–Crippen MR) is 117 cm³/mol. The van der Waals surface area contributed by atoms with E-state index in [1.54, 1.807) is 36.9 Å². The average molecular weight is 425 g/mol. The molecule has 31 heavy (non-hydrogen) atoms. The molecule has 10 heteroatoms. The van der Waals surface area contributed by atoms with Crippen LogP contribution in [-0.2, 0) is 6.54 Å². The van der Waals surface area contributed by atoms with Gasteiger partial charge in [-0.3, -0.25) is 14.6 Å². The molecule has 0 unspecified atom stereocenters. The number of rotatable bonds is 11. The van der Waals surface area contributed by atoms with Gasteiger partial charge in [-0.05, 0) is 31.0 Å². The van der Waals surface area contributed by atoms with Crippen molar-refractivity contribution in [1.29, 1.82) is 5.26 Å². The van der Waals surface area contributed by atoms with Gasteiger partial charge in [0, 0.05) is 50.0 Å². The molecule has 164 valence electrons. The maximum absolute atomic E-state index is 12.0. The molecule has 2 rings (SSSR count). The number of aliphatic hydroxyl groups excluding tert-OH is 1. The number of aliphatic imine (C=N–C) groups is 1. The molecule has 0 aliphatic rings. The van der Waals surface area contributed by atoms with Gasteiger partial charge in [0.25, 0.3) is 11.5 Å². The second kappa shape index (κ2) is 13.5. The maximum Gasteiger partial charge on any atom is 0.252 e. The van der Waals surface area contributed by atoms with E-state index < -0.39 is 0 Å². The third kappa shape index (κ3) is 8.67. The van der Waals surface area contributed by atoms with Crippen LogP contribution in [0.4, 0.5) is 5.69 Å². The fourth-order valence-corrected chi connectivity index (χ4v) is 2.81. The number of hydrogen-bond donors (Lipinski definition) is 4. The van der Waals surface area contributed by atoms with Gasteiger partial charge in [0.05, 0.1) is 12.2 Å². The summed E-state index contributed by atoms with van der Waals surface area (Å²) in [7, 11) is 0. The molecule has 2 aromatic heterocycles. The molecule has 0 spiro atoms. The van der Waals surface area contributed by atoms with Gasteiger partial charge in [-0.2, -0.15) is 5.26 Å². The highest BCUT2D eigenvalue weighted by molar-refractivity contribution is 5.94. The maximum atomic E-state index is 12.0. The Bertz CT molecular complexity index is 951. The van der Waals surface area contributed by atoms with Crippen LogP contribution in [0.25, 0.3) is 0 Å². The van der Waals surface area contributed by atoms with Crippen LogP contribution in [0, 0.1) is 11.5 Å². The van der Waals surface area contributed by atoms with Gasteiger partial charge in [-0.15, -0.1) is 4.99 Å². The highest BCUT2D eigenvalue weighted by Crippen LogP contribution is 2.04. The normalized spacial score (nSPS) is 10.9. The molecule has 0 radical (unpaired) electrons. The van der Waals surface area contributed by atoms with E-state index in [9.17, 15) is 9.59 Å². The molecule has 0 aliphatic heterocycles. The van der Waals surface area contributed by atoms with Crippen LogP contribution in [0.1, 0.15) is 36.0 Å². The monoisotopic (exact) mass is 425 g/mol. The van der Waals surface area contributed by atoms with Crippen molar-refractivity contribution in [3.05, 3.63) is 58.8 Å². The number of aryl methyl sites for hydroxylation is 1. The Balaban J connectivity index is 1.70. The lowest BCUT2D eigenvalue weighted by Gasteiger charge is -2.11. The van der Waals surface area contributed by atoms with Crippen molar-refractivity contribution >= 4 is 17.6 Å². The molecule has 0 fully saturated rings. The molecular formula is C21H27N7O3. The Morgan fingerprint density at radius 2 is 1.87 bits per heavy atom. The fourth-order valence-electron chi connectivity index (χ4n) is 2.81. The van der Waals surface area contributed by atoms with Crippen molar-refractivity contribution in [3.63, 3.8) is 0 Å². The molecular weight excluding hydrogens is 398 g/mol. The highest BCUT2D eigenvalue weighted by Gasteiger charge is 2.07. The lowest BCUT2D eigenvalue weighted by molar-refractivity contribution is 0.0944. The smallest absolute Gasteiger partial charge is 0.252 e. The Kier molecular flexibility index (Phi) is 10.3. The number of anilines is 1. The number of amides is 1. The number of guanidine groups is 1. The van der Waals surface area contributed by atoms with E-state index in [1.165, 1.54) is 16.7 Å². The van der Waals surface area contributed by atoms with E-state index in [1.807, 2.05) is 0 Å². The van der Waals surface area contributed by atoms with E-state index in [0.717, 1.165) is 31.4 Å². The fraction of sp³-hybridized carbons (Fsp3) is 0.381. The Labute approximate surface area is 180 Å². The number of carbonyl (C=O) groups excluding carboxylic acids is 1. The van der Waals surface area contributed by atoms with Crippen LogP contribution in [-0.4, -0.2) is 46.2 Å². The molecule has 2 aromatic rings. The molecule has 0 saturated carbocycles. The SMILES string of the molecule is N#CN=C(NCCCCCCn1cc(C(=O)NCCO)ccc1=O)Nc1ccncc1. The van der Waals surface area contributed by atoms with E-state index in [4.69, 9.17) is 10.4 Å². The summed E-state index contributed by atoms with van der Waals surface area (Å²) in [5, 5.41) is 26.3. The highest BCUT2D eigenvalue weighted by atomic mass is 16.3. The van der Waals surface area contributed by atoms with Crippen LogP contribution in [0.5, 0.6) is 0 Å². The Hall–Kier alpha value is -3.71. The van der Waals surface area contributed by atoms with Gasteiger partial charge >= 0.3 is 0 Å². The Morgan fingerprint density at radius 3 is 2.61 bits per heavy atom. The van der Waals surface area contributed by atoms with Crippen molar-refractivity contribution in [2.75, 3.05) is 25.0 Å². The van der Waals surface area contributed by atoms with Gasteiger partial charge in [0.1, 0.15) is 0 Å². The Morgan fingerprint density at radius 1 is 1.10 bits per heavy atom. The topological polar surface area (TPSA) is 144 Å². The van der Waals surface area contributed by atoms with Gasteiger partial charge < -0.3 is 25.6 Å². The number of nitriles is 1. The second-order valence-electron chi connectivity index (χ2n) is 6.69. The van der Waals surface area contributed by atoms with E-state index >= 15 is 0 Å². The molecule has 0 aliphatic carbocycles. The molecule has 1 amide bonds. The van der Waals surface area contributed by atoms with Crippen molar-refractivity contribution < 1.29 is 9.90 Å². The third-order valence-electron chi connectivity index (χ3n) is 4.37. The first kappa shape index (κ1) is 23.6. The third-order valence-corrected chi connectivity index (χ3v) is 4.37. The number of carbonyl (C=O) groups is 1. The lowest BCUT2D eigenvalue weighted by Crippen LogP contribution is -2.31. The molecule has 0 saturated heterocycles. The molecule has 2 heterocycles. The van der Waals surface area contributed by atoms with Crippen LogP contribution in [0.15, 0.2) is 52.6 Å². The summed E-state index contributed by atoms with van der Waals surface area (Å²) in [6, 6.07) is 6.42. The number of unbranched alkanes of at least 4 members (excludes halogenated alkanes) is 3. The number of aliphatic hydroxyl groups is 1. The summed E-state index contributed by atoms with van der Waals surface area (Å²) in [6.07, 6.45) is 10.1. The zero-order valence-electron chi connectivity index (χ0n) is 17.3. The second-order valence-corrected chi connectivity index (χ2v) is 6.69. The van der Waals surface area contributed by atoms with Gasteiger partial charge in [0.2, 0.25) is 12.2 Å². The predicted octanol–water partition coefficient (Wildman–Crippen LogP) is 1.06. The summed E-state index contributed by atoms with van der Waals surface area (Å²) in [6.45, 7) is 1.21. The number of nitrogens with one attached hydrogen (secondary N) is 3. The standard InChI is InChI=1S/C21H27N7O3/c22-16-26-21(27-18-7-10-23-11-8-18)25-9-3-1-2-4-13-28-15-17(5-6-19(28)30)20(31)24-12-14-29/h5-8,10-11,15,29H,1-4,9,12-14H2,(H,24,31)(H2,23,25,26,27). The van der Waals surface area contributed by atoms with Crippen LogP contribution < -0.4 is 21.5 Å². The van der Waals surface area contributed by atoms with Crippen molar-refractivity contribution in [3.8, 4) is 6.19 Å². The number of hydrogen-bond acceptors (Lipinski definition) is 6. The van der Waals surface area contributed by atoms with Crippen LogP contribution >= 0.6 is 0 Å². The molecule has 4 N–H and O–H groups in total. The minimum Gasteiger partial charge on any atom is -0.395 e. The molecule has 0 aromatic carbocycles. The average Bonchev–Trinajstić information content (AvgIpc) is 2.78. The zero-order chi connectivity index (χ0) is 22.3. The van der Waals surface area contributed by atoms with E-state index in [2.05, 4.69) is 25.9 Å². The number of nitrogens with zero attached hydrogens (tertiary/aromatic N) is 4. The minimum atomic E-state index is -0.316. The van der Waals surface area contributed by atoms with Crippen molar-refractivity contribution in [2.24, 2.45) is 4.99 Å². The number of pyridine rings is 2. The number of aromatic nitrogens is 2. The summed E-state index contributed by atoms with van der Waals surface area (Å²) >= 11 is 0. The summed E-state index contributed by atoms with van der Waals surface area (Å²) in [5.74, 6) is 0.0700. The van der Waals surface area contributed by atoms with Crippen molar-refractivity contribution in [2.45, 2.75) is 32.2 Å². The van der Waals surface area contributed by atoms with Gasteiger partial charge in [-0.25, -0.2) is 0 Å². The van der Waals surface area contributed by atoms with Crippen LogP contribution in [0.3, 0.4) is 0 Å². The summed E-state index contributed by atoms with van der Waals surface area (Å²) in [4.78, 5) is 31.6. The van der Waals surface area contributed by atoms with Crippen molar-refractivity contribution in [1.82, 2.24) is 20.2 Å². The van der Waals surface area contributed by atoms with E-state index in [0.29, 0.717) is 24.6 Å². The largest absolute Gasteiger partial charge is 0.395 e. The molecule has 10 nitrogen and oxygen atoms in total. The molecule has 0 bridgehead atoms. The van der Waals surface area contributed by atoms with Gasteiger partial charge in [0.15, 0.2) is 0 Å². The zero-order valence-corrected chi connectivity index (χ0v) is 17.3. The van der Waals surface area contributed by atoms with Gasteiger partial charge in [-0.1, -0.05) is 12.8 Å². The first-order valence-corrected chi connectivity index (χ1v) is 10.1. The molecule has 0 atom stereocenters. The van der Waals surface area contributed by atoms with E-state index in [-0.39, 0.29) is 24.6 Å². The lowest BCUT2D eigenvalue weighted by atomic mass is 10.2. The summed E-state index contributed by atoms with van der Waals surface area (Å²) < 4.78 is 1.53. The first-order valence-electron chi connectivity index (χ1n) is 10.1. The minimum absolute atomic E-state index is 0.135. The quantitative estimate of drug-likeness (QED) is 0.182. The van der Waals surface area contributed by atoms with Crippen LogP contribution in [0.2, 0.25) is 0 Å².